The second-order valence-corrected chi connectivity index (χ2v) is 5.02. The van der Waals surface area contributed by atoms with Gasteiger partial charge in [-0.3, -0.25) is 0 Å². The molecule has 5 heteroatoms. The summed E-state index contributed by atoms with van der Waals surface area (Å²) in [6, 6.07) is 15.2. The number of hydrogen-bond acceptors (Lipinski definition) is 4. The predicted molar refractivity (Wildman–Crippen MR) is 74.9 cm³/mol. The molecule has 0 atom stereocenters. The van der Waals surface area contributed by atoms with Crippen LogP contribution in [0.5, 0.6) is 0 Å². The first-order valence-corrected chi connectivity index (χ1v) is 6.38. The first kappa shape index (κ1) is 11.4. The lowest BCUT2D eigenvalue weighted by Gasteiger charge is -1.96. The monoisotopic (exact) mass is 255 g/mol. The normalized spacial score (nSPS) is 10.8. The maximum absolute atomic E-state index is 9.14. The zero-order valence-corrected chi connectivity index (χ0v) is 10.3. The SMILES string of the molecule is OB(O)c1ccc2sc(-c3ccccc3)nc2c1. The van der Waals surface area contributed by atoms with Crippen LogP contribution in [-0.2, 0) is 0 Å². The highest BCUT2D eigenvalue weighted by Crippen LogP contribution is 2.29. The fourth-order valence-electron chi connectivity index (χ4n) is 1.81. The van der Waals surface area contributed by atoms with Gasteiger partial charge < -0.3 is 10.0 Å². The fourth-order valence-corrected chi connectivity index (χ4v) is 2.76. The van der Waals surface area contributed by atoms with E-state index in [2.05, 4.69) is 4.98 Å². The molecule has 3 nitrogen and oxygen atoms in total. The van der Waals surface area contributed by atoms with Crippen molar-refractivity contribution in [2.75, 3.05) is 0 Å². The highest BCUT2D eigenvalue weighted by atomic mass is 32.1. The van der Waals surface area contributed by atoms with E-state index >= 15 is 0 Å². The number of fused-ring (bicyclic) bond motifs is 1. The summed E-state index contributed by atoms with van der Waals surface area (Å²) in [6.45, 7) is 0. The van der Waals surface area contributed by atoms with E-state index in [1.165, 1.54) is 0 Å². The van der Waals surface area contributed by atoms with Crippen molar-refractivity contribution in [1.29, 1.82) is 0 Å². The van der Waals surface area contributed by atoms with Gasteiger partial charge in [0.25, 0.3) is 0 Å². The van der Waals surface area contributed by atoms with Gasteiger partial charge in [0.05, 0.1) is 10.2 Å². The van der Waals surface area contributed by atoms with Gasteiger partial charge in [-0.1, -0.05) is 36.4 Å². The van der Waals surface area contributed by atoms with Crippen molar-refractivity contribution in [3.05, 3.63) is 48.5 Å². The smallest absolute Gasteiger partial charge is 0.423 e. The van der Waals surface area contributed by atoms with E-state index in [0.29, 0.717) is 5.46 Å². The number of benzene rings is 2. The molecule has 0 aliphatic heterocycles. The summed E-state index contributed by atoms with van der Waals surface area (Å²) in [4.78, 5) is 4.52. The summed E-state index contributed by atoms with van der Waals surface area (Å²) in [7, 11) is -1.45. The predicted octanol–water partition coefficient (Wildman–Crippen LogP) is 1.64. The molecule has 0 saturated heterocycles. The van der Waals surface area contributed by atoms with Gasteiger partial charge in [-0.25, -0.2) is 4.98 Å². The summed E-state index contributed by atoms with van der Waals surface area (Å²) in [5, 5.41) is 19.2. The van der Waals surface area contributed by atoms with E-state index in [4.69, 9.17) is 10.0 Å². The van der Waals surface area contributed by atoms with Crippen LogP contribution in [0.3, 0.4) is 0 Å². The number of aromatic nitrogens is 1. The molecule has 0 spiro atoms. The van der Waals surface area contributed by atoms with E-state index in [1.54, 1.807) is 23.5 Å². The quantitative estimate of drug-likeness (QED) is 0.684. The molecular formula is C13H10BNO2S. The molecule has 88 valence electrons. The van der Waals surface area contributed by atoms with Crippen molar-refractivity contribution >= 4 is 34.1 Å². The second-order valence-electron chi connectivity index (χ2n) is 3.99. The van der Waals surface area contributed by atoms with Crippen molar-refractivity contribution in [1.82, 2.24) is 4.98 Å². The molecular weight excluding hydrogens is 245 g/mol. The zero-order valence-electron chi connectivity index (χ0n) is 9.45. The molecule has 2 aromatic carbocycles. The van der Waals surface area contributed by atoms with Crippen LogP contribution in [-0.4, -0.2) is 22.2 Å². The van der Waals surface area contributed by atoms with Gasteiger partial charge in [-0.2, -0.15) is 0 Å². The molecule has 0 aliphatic carbocycles. The summed E-state index contributed by atoms with van der Waals surface area (Å²) >= 11 is 1.60. The molecule has 3 rings (SSSR count). The number of thiazole rings is 1. The highest BCUT2D eigenvalue weighted by molar-refractivity contribution is 7.21. The Morgan fingerprint density at radius 3 is 2.50 bits per heavy atom. The summed E-state index contributed by atoms with van der Waals surface area (Å²) in [5.74, 6) is 0. The third-order valence-electron chi connectivity index (χ3n) is 2.73. The molecule has 0 aliphatic rings. The molecule has 0 unspecified atom stereocenters. The molecule has 0 saturated carbocycles. The van der Waals surface area contributed by atoms with Gasteiger partial charge in [0.15, 0.2) is 0 Å². The Bertz CT molecular complexity index is 682. The van der Waals surface area contributed by atoms with Gasteiger partial charge in [-0.15, -0.1) is 11.3 Å². The molecule has 0 bridgehead atoms. The van der Waals surface area contributed by atoms with Gasteiger partial charge >= 0.3 is 7.12 Å². The van der Waals surface area contributed by atoms with Crippen molar-refractivity contribution < 1.29 is 10.0 Å². The van der Waals surface area contributed by atoms with Crippen LogP contribution >= 0.6 is 11.3 Å². The Labute approximate surface area is 109 Å². The van der Waals surface area contributed by atoms with Crippen LogP contribution in [0.1, 0.15) is 0 Å². The number of rotatable bonds is 2. The average Bonchev–Trinajstić information content (AvgIpc) is 2.82. The first-order chi connectivity index (χ1) is 8.74. The average molecular weight is 255 g/mol. The van der Waals surface area contributed by atoms with Gasteiger partial charge in [-0.05, 0) is 17.6 Å². The third-order valence-corrected chi connectivity index (χ3v) is 3.82. The van der Waals surface area contributed by atoms with Crippen LogP contribution in [0, 0.1) is 0 Å². The topological polar surface area (TPSA) is 53.4 Å². The first-order valence-electron chi connectivity index (χ1n) is 5.56. The highest BCUT2D eigenvalue weighted by Gasteiger charge is 2.13. The Morgan fingerprint density at radius 1 is 1.00 bits per heavy atom. The number of hydrogen-bond donors (Lipinski definition) is 2. The van der Waals surface area contributed by atoms with Crippen molar-refractivity contribution in [2.24, 2.45) is 0 Å². The van der Waals surface area contributed by atoms with Crippen LogP contribution in [0.4, 0.5) is 0 Å². The third kappa shape index (κ3) is 2.03. The van der Waals surface area contributed by atoms with Gasteiger partial charge in [0, 0.05) is 5.56 Å². The molecule has 1 aromatic heterocycles. The summed E-state index contributed by atoms with van der Waals surface area (Å²) < 4.78 is 1.04. The molecule has 3 aromatic rings. The Balaban J connectivity index is 2.11. The van der Waals surface area contributed by atoms with Crippen LogP contribution < -0.4 is 5.46 Å². The number of nitrogens with zero attached hydrogens (tertiary/aromatic N) is 1. The van der Waals surface area contributed by atoms with E-state index in [0.717, 1.165) is 20.8 Å². The van der Waals surface area contributed by atoms with E-state index in [9.17, 15) is 0 Å². The minimum atomic E-state index is -1.45. The van der Waals surface area contributed by atoms with E-state index < -0.39 is 7.12 Å². The van der Waals surface area contributed by atoms with Crippen LogP contribution in [0.15, 0.2) is 48.5 Å². The van der Waals surface area contributed by atoms with Crippen molar-refractivity contribution in [3.8, 4) is 10.6 Å². The van der Waals surface area contributed by atoms with Crippen molar-refractivity contribution in [3.63, 3.8) is 0 Å². The summed E-state index contributed by atoms with van der Waals surface area (Å²) in [5.41, 5.74) is 2.33. The molecule has 2 N–H and O–H groups in total. The maximum atomic E-state index is 9.14. The molecule has 18 heavy (non-hydrogen) atoms. The molecule has 1 heterocycles. The second kappa shape index (κ2) is 4.53. The van der Waals surface area contributed by atoms with E-state index in [1.807, 2.05) is 36.4 Å². The minimum Gasteiger partial charge on any atom is -0.423 e. The fraction of sp³-hybridized carbons (Fsp3) is 0. The Morgan fingerprint density at radius 2 is 1.78 bits per heavy atom. The van der Waals surface area contributed by atoms with E-state index in [-0.39, 0.29) is 0 Å². The van der Waals surface area contributed by atoms with Gasteiger partial charge in [0.1, 0.15) is 5.01 Å². The lowest BCUT2D eigenvalue weighted by molar-refractivity contribution is 0.426. The Hall–Kier alpha value is -1.69. The van der Waals surface area contributed by atoms with Crippen LogP contribution in [0.25, 0.3) is 20.8 Å². The maximum Gasteiger partial charge on any atom is 0.488 e. The standard InChI is InChI=1S/C13H10BNO2S/c16-14(17)10-6-7-12-11(8-10)15-13(18-12)9-4-2-1-3-5-9/h1-8,16-17H. The molecule has 0 fully saturated rings. The van der Waals surface area contributed by atoms with Gasteiger partial charge in [0.2, 0.25) is 0 Å². The van der Waals surface area contributed by atoms with Crippen molar-refractivity contribution in [2.45, 2.75) is 0 Å². The van der Waals surface area contributed by atoms with Crippen LogP contribution in [0.2, 0.25) is 0 Å². The lowest BCUT2D eigenvalue weighted by atomic mass is 9.80. The summed E-state index contributed by atoms with van der Waals surface area (Å²) in [6.07, 6.45) is 0. The largest absolute Gasteiger partial charge is 0.488 e. The molecule has 0 amide bonds. The Kier molecular flexibility index (Phi) is 2.87. The minimum absolute atomic E-state index is 0.465. The lowest BCUT2D eigenvalue weighted by Crippen LogP contribution is -2.29. The molecule has 0 radical (unpaired) electrons. The zero-order chi connectivity index (χ0) is 12.5.